The number of phenols is 1. The smallest absolute Gasteiger partial charge is 0.205 e. The van der Waals surface area contributed by atoms with E-state index in [0.29, 0.717) is 11.3 Å². The fraction of sp³-hybridized carbons (Fsp3) is 0.214. The van der Waals surface area contributed by atoms with Crippen molar-refractivity contribution in [1.82, 2.24) is 4.98 Å². The summed E-state index contributed by atoms with van der Waals surface area (Å²) in [6, 6.07) is 3.58. The van der Waals surface area contributed by atoms with Crippen LogP contribution in [0.15, 0.2) is 18.2 Å². The Hall–Kier alpha value is -2.43. The molecule has 5 nitrogen and oxygen atoms in total. The number of allylic oxidation sites excluding steroid dienone is 1. The first kappa shape index (κ1) is 13.0. The first-order valence-corrected chi connectivity index (χ1v) is 5.72. The van der Waals surface area contributed by atoms with Crippen molar-refractivity contribution in [2.45, 2.75) is 6.92 Å². The Bertz CT molecular complexity index is 655. The van der Waals surface area contributed by atoms with Crippen molar-refractivity contribution in [3.8, 4) is 17.2 Å². The van der Waals surface area contributed by atoms with E-state index in [-0.39, 0.29) is 17.3 Å². The van der Waals surface area contributed by atoms with Crippen LogP contribution >= 0.6 is 0 Å². The van der Waals surface area contributed by atoms with Gasteiger partial charge in [-0.3, -0.25) is 4.79 Å². The van der Waals surface area contributed by atoms with Crippen molar-refractivity contribution in [3.05, 3.63) is 23.9 Å². The molecule has 0 atom stereocenters. The number of carbonyl (C=O) groups excluding carboxylic acids is 1. The molecule has 0 aliphatic rings. The van der Waals surface area contributed by atoms with Gasteiger partial charge in [-0.25, -0.2) is 0 Å². The molecule has 0 saturated carbocycles. The molecule has 1 aromatic heterocycles. The first-order valence-electron chi connectivity index (χ1n) is 5.72. The number of H-pyrrole nitrogens is 1. The molecule has 19 heavy (non-hydrogen) atoms. The quantitative estimate of drug-likeness (QED) is 0.829. The Labute approximate surface area is 110 Å². The van der Waals surface area contributed by atoms with E-state index >= 15 is 0 Å². The molecule has 0 amide bonds. The van der Waals surface area contributed by atoms with E-state index in [0.717, 1.165) is 11.1 Å². The highest BCUT2D eigenvalue weighted by atomic mass is 16.5. The number of methoxy groups -OCH3 is 2. The number of rotatable bonds is 4. The van der Waals surface area contributed by atoms with E-state index in [4.69, 9.17) is 9.47 Å². The maximum atomic E-state index is 10.9. The number of ketones is 1. The van der Waals surface area contributed by atoms with Crippen LogP contribution in [0.3, 0.4) is 0 Å². The van der Waals surface area contributed by atoms with Crippen molar-refractivity contribution < 1.29 is 19.4 Å². The highest BCUT2D eigenvalue weighted by molar-refractivity contribution is 5.95. The molecule has 0 unspecified atom stereocenters. The van der Waals surface area contributed by atoms with Gasteiger partial charge in [0.2, 0.25) is 5.75 Å². The van der Waals surface area contributed by atoms with Gasteiger partial charge in [0.1, 0.15) is 0 Å². The number of hydrogen-bond acceptors (Lipinski definition) is 4. The number of carbonyl (C=O) groups is 1. The molecule has 5 heteroatoms. The van der Waals surface area contributed by atoms with Crippen LogP contribution in [0.5, 0.6) is 17.2 Å². The summed E-state index contributed by atoms with van der Waals surface area (Å²) in [5.74, 6) is 0.671. The van der Waals surface area contributed by atoms with Crippen molar-refractivity contribution in [3.63, 3.8) is 0 Å². The summed E-state index contributed by atoms with van der Waals surface area (Å²) in [5, 5.41) is 10.9. The fourth-order valence-electron chi connectivity index (χ4n) is 1.88. The maximum Gasteiger partial charge on any atom is 0.205 e. The number of benzene rings is 1. The zero-order chi connectivity index (χ0) is 14.0. The number of ether oxygens (including phenoxy) is 2. The van der Waals surface area contributed by atoms with E-state index in [9.17, 15) is 9.90 Å². The van der Waals surface area contributed by atoms with Crippen molar-refractivity contribution in [1.29, 1.82) is 0 Å². The van der Waals surface area contributed by atoms with Gasteiger partial charge in [0.15, 0.2) is 17.3 Å². The molecule has 0 aliphatic heterocycles. The lowest BCUT2D eigenvalue weighted by Crippen LogP contribution is -1.91. The minimum atomic E-state index is -0.0435. The SMILES string of the molecule is COc1cc2cc(/C=C/C(C)=O)[nH]c2c(O)c1OC. The van der Waals surface area contributed by atoms with E-state index in [1.54, 1.807) is 12.1 Å². The second-order valence-electron chi connectivity index (χ2n) is 4.09. The van der Waals surface area contributed by atoms with Crippen LogP contribution in [-0.2, 0) is 4.79 Å². The number of aromatic nitrogens is 1. The zero-order valence-electron chi connectivity index (χ0n) is 11.0. The van der Waals surface area contributed by atoms with Gasteiger partial charge < -0.3 is 19.6 Å². The lowest BCUT2D eigenvalue weighted by molar-refractivity contribution is -0.112. The predicted molar refractivity (Wildman–Crippen MR) is 72.8 cm³/mol. The third-order valence-electron chi connectivity index (χ3n) is 2.75. The van der Waals surface area contributed by atoms with Crippen LogP contribution < -0.4 is 9.47 Å². The lowest BCUT2D eigenvalue weighted by Gasteiger charge is -2.09. The minimum Gasteiger partial charge on any atom is -0.503 e. The molecule has 2 N–H and O–H groups in total. The van der Waals surface area contributed by atoms with Gasteiger partial charge in [-0.1, -0.05) is 0 Å². The highest BCUT2D eigenvalue weighted by Gasteiger charge is 2.15. The van der Waals surface area contributed by atoms with Gasteiger partial charge in [-0.15, -0.1) is 0 Å². The van der Waals surface area contributed by atoms with Gasteiger partial charge in [0, 0.05) is 11.1 Å². The maximum absolute atomic E-state index is 10.9. The minimum absolute atomic E-state index is 0.0145. The molecule has 0 radical (unpaired) electrons. The molecule has 2 rings (SSSR count). The first-order chi connectivity index (χ1) is 9.06. The lowest BCUT2D eigenvalue weighted by atomic mass is 10.2. The van der Waals surface area contributed by atoms with E-state index < -0.39 is 0 Å². The molecular formula is C14H15NO4. The number of aromatic amines is 1. The number of phenolic OH excluding ortho intramolecular Hbond substituents is 1. The van der Waals surface area contributed by atoms with Crippen molar-refractivity contribution >= 4 is 22.8 Å². The summed E-state index contributed by atoms with van der Waals surface area (Å²) in [6.45, 7) is 1.47. The van der Waals surface area contributed by atoms with Gasteiger partial charge in [0.05, 0.1) is 19.7 Å². The fourth-order valence-corrected chi connectivity index (χ4v) is 1.88. The van der Waals surface area contributed by atoms with Crippen LogP contribution in [-0.4, -0.2) is 30.1 Å². The topological polar surface area (TPSA) is 71.6 Å². The second kappa shape index (κ2) is 5.06. The van der Waals surface area contributed by atoms with E-state index in [2.05, 4.69) is 4.98 Å². The largest absolute Gasteiger partial charge is 0.503 e. The summed E-state index contributed by atoms with van der Waals surface area (Å²) in [4.78, 5) is 13.9. The molecule has 0 bridgehead atoms. The molecule has 100 valence electrons. The van der Waals surface area contributed by atoms with Gasteiger partial charge in [0.25, 0.3) is 0 Å². The Morgan fingerprint density at radius 3 is 2.63 bits per heavy atom. The van der Waals surface area contributed by atoms with Gasteiger partial charge in [-0.05, 0) is 31.2 Å². The van der Waals surface area contributed by atoms with Gasteiger partial charge >= 0.3 is 0 Å². The average Bonchev–Trinajstić information content (AvgIpc) is 2.79. The van der Waals surface area contributed by atoms with Crippen LogP contribution in [0.25, 0.3) is 17.0 Å². The average molecular weight is 261 g/mol. The number of nitrogens with one attached hydrogen (secondary N) is 1. The molecular weight excluding hydrogens is 246 g/mol. The summed E-state index contributed by atoms with van der Waals surface area (Å²) in [7, 11) is 2.97. The standard InChI is InChI=1S/C14H15NO4/c1-8(16)4-5-10-6-9-7-11(18-2)14(19-3)13(17)12(9)15-10/h4-7,15,17H,1-3H3/b5-4+. The summed E-state index contributed by atoms with van der Waals surface area (Å²) in [5.41, 5.74) is 1.26. The third kappa shape index (κ3) is 2.40. The molecule has 0 spiro atoms. The van der Waals surface area contributed by atoms with E-state index in [1.807, 2.05) is 6.07 Å². The zero-order valence-corrected chi connectivity index (χ0v) is 11.0. The predicted octanol–water partition coefficient (Wildman–Crippen LogP) is 2.49. The Kier molecular flexibility index (Phi) is 3.46. The van der Waals surface area contributed by atoms with Crippen molar-refractivity contribution in [2.24, 2.45) is 0 Å². The normalized spacial score (nSPS) is 11.1. The molecule has 1 heterocycles. The molecule has 1 aromatic carbocycles. The third-order valence-corrected chi connectivity index (χ3v) is 2.75. The summed E-state index contributed by atoms with van der Waals surface area (Å²) < 4.78 is 10.3. The Morgan fingerprint density at radius 1 is 1.32 bits per heavy atom. The molecule has 0 saturated heterocycles. The van der Waals surface area contributed by atoms with Crippen LogP contribution in [0.2, 0.25) is 0 Å². The molecule has 0 aliphatic carbocycles. The van der Waals surface area contributed by atoms with Crippen LogP contribution in [0.4, 0.5) is 0 Å². The Balaban J connectivity index is 2.59. The van der Waals surface area contributed by atoms with Crippen LogP contribution in [0.1, 0.15) is 12.6 Å². The van der Waals surface area contributed by atoms with Crippen LogP contribution in [0, 0.1) is 0 Å². The monoisotopic (exact) mass is 261 g/mol. The van der Waals surface area contributed by atoms with Gasteiger partial charge in [-0.2, -0.15) is 0 Å². The van der Waals surface area contributed by atoms with E-state index in [1.165, 1.54) is 27.2 Å². The number of fused-ring (bicyclic) bond motifs is 1. The molecule has 2 aromatic rings. The molecule has 0 fully saturated rings. The number of hydrogen-bond donors (Lipinski definition) is 2. The van der Waals surface area contributed by atoms with Crippen molar-refractivity contribution in [2.75, 3.05) is 14.2 Å². The highest BCUT2D eigenvalue weighted by Crippen LogP contribution is 2.42. The Morgan fingerprint density at radius 2 is 2.05 bits per heavy atom. The number of aromatic hydroxyl groups is 1. The second-order valence-corrected chi connectivity index (χ2v) is 4.09. The summed E-state index contributed by atoms with van der Waals surface area (Å²) in [6.07, 6.45) is 3.11. The summed E-state index contributed by atoms with van der Waals surface area (Å²) >= 11 is 0.